The van der Waals surface area contributed by atoms with Gasteiger partial charge in [-0.3, -0.25) is 0 Å². The van der Waals surface area contributed by atoms with E-state index in [-0.39, 0.29) is 6.10 Å². The second-order valence-corrected chi connectivity index (χ2v) is 5.68. The van der Waals surface area contributed by atoms with Gasteiger partial charge in [0.1, 0.15) is 6.10 Å². The summed E-state index contributed by atoms with van der Waals surface area (Å²) in [5, 5.41) is 13.5. The Hall–Kier alpha value is -1.59. The SMILES string of the molecule is O=C(O)c1sc2ccccc2c1OC1CCNCC1. The van der Waals surface area contributed by atoms with Gasteiger partial charge in [0, 0.05) is 10.1 Å². The highest BCUT2D eigenvalue weighted by molar-refractivity contribution is 7.21. The molecule has 1 saturated heterocycles. The molecule has 0 saturated carbocycles. The summed E-state index contributed by atoms with van der Waals surface area (Å²) in [7, 11) is 0. The number of rotatable bonds is 3. The second-order valence-electron chi connectivity index (χ2n) is 4.63. The third-order valence-electron chi connectivity index (χ3n) is 3.31. The van der Waals surface area contributed by atoms with Crippen molar-refractivity contribution < 1.29 is 14.6 Å². The fraction of sp³-hybridized carbons (Fsp3) is 0.357. The van der Waals surface area contributed by atoms with Crippen molar-refractivity contribution in [2.45, 2.75) is 18.9 Å². The van der Waals surface area contributed by atoms with Crippen LogP contribution in [0.2, 0.25) is 0 Å². The monoisotopic (exact) mass is 277 g/mol. The number of hydrogen-bond acceptors (Lipinski definition) is 4. The Labute approximate surface area is 115 Å². The zero-order valence-electron chi connectivity index (χ0n) is 10.4. The maximum absolute atomic E-state index is 11.4. The number of carbonyl (C=O) groups is 1. The summed E-state index contributed by atoms with van der Waals surface area (Å²) in [5.74, 6) is -0.370. The Morgan fingerprint density at radius 1 is 1.32 bits per heavy atom. The van der Waals surface area contributed by atoms with Gasteiger partial charge in [-0.2, -0.15) is 0 Å². The summed E-state index contributed by atoms with van der Waals surface area (Å²) in [6, 6.07) is 7.69. The first-order valence-corrected chi connectivity index (χ1v) is 7.19. The first kappa shape index (κ1) is 12.4. The fourth-order valence-electron chi connectivity index (χ4n) is 2.36. The van der Waals surface area contributed by atoms with E-state index < -0.39 is 5.97 Å². The number of nitrogens with one attached hydrogen (secondary N) is 1. The lowest BCUT2D eigenvalue weighted by Crippen LogP contribution is -2.34. The Morgan fingerprint density at radius 3 is 2.79 bits per heavy atom. The van der Waals surface area contributed by atoms with Crippen LogP contribution in [-0.2, 0) is 0 Å². The molecule has 1 aromatic heterocycles. The van der Waals surface area contributed by atoms with E-state index in [0.717, 1.165) is 36.0 Å². The molecule has 2 heterocycles. The maximum atomic E-state index is 11.4. The zero-order chi connectivity index (χ0) is 13.2. The van der Waals surface area contributed by atoms with Gasteiger partial charge < -0.3 is 15.2 Å². The number of carboxylic acid groups (broad SMARTS) is 1. The standard InChI is InChI=1S/C14H15NO3S/c16-14(17)13-12(18-9-5-7-15-8-6-9)10-3-1-2-4-11(10)19-13/h1-4,9,15H,5-8H2,(H,16,17). The number of piperidine rings is 1. The van der Waals surface area contributed by atoms with E-state index in [1.807, 2.05) is 24.3 Å². The molecule has 0 atom stereocenters. The molecule has 19 heavy (non-hydrogen) atoms. The van der Waals surface area contributed by atoms with Gasteiger partial charge in [0.2, 0.25) is 0 Å². The minimum Gasteiger partial charge on any atom is -0.488 e. The van der Waals surface area contributed by atoms with Gasteiger partial charge in [0.25, 0.3) is 0 Å². The van der Waals surface area contributed by atoms with Gasteiger partial charge in [-0.05, 0) is 38.1 Å². The minimum absolute atomic E-state index is 0.109. The van der Waals surface area contributed by atoms with Crippen LogP contribution in [0, 0.1) is 0 Å². The van der Waals surface area contributed by atoms with Crippen LogP contribution in [-0.4, -0.2) is 30.3 Å². The molecule has 0 spiro atoms. The number of hydrogen-bond donors (Lipinski definition) is 2. The first-order chi connectivity index (χ1) is 9.25. The highest BCUT2D eigenvalue weighted by Crippen LogP contribution is 2.38. The molecule has 1 aromatic carbocycles. The van der Waals surface area contributed by atoms with E-state index in [1.54, 1.807) is 0 Å². The second kappa shape index (κ2) is 5.19. The van der Waals surface area contributed by atoms with Crippen LogP contribution in [0.3, 0.4) is 0 Å². The molecule has 0 amide bonds. The van der Waals surface area contributed by atoms with Crippen molar-refractivity contribution in [3.8, 4) is 5.75 Å². The summed E-state index contributed by atoms with van der Waals surface area (Å²) in [6.07, 6.45) is 1.95. The van der Waals surface area contributed by atoms with Crippen LogP contribution in [0.1, 0.15) is 22.5 Å². The van der Waals surface area contributed by atoms with Crippen molar-refractivity contribution in [2.75, 3.05) is 13.1 Å². The minimum atomic E-state index is -0.912. The van der Waals surface area contributed by atoms with Gasteiger partial charge in [-0.15, -0.1) is 11.3 Å². The number of thiophene rings is 1. The zero-order valence-corrected chi connectivity index (χ0v) is 11.2. The number of fused-ring (bicyclic) bond motifs is 1. The molecule has 2 N–H and O–H groups in total. The molecule has 100 valence electrons. The van der Waals surface area contributed by atoms with Crippen LogP contribution < -0.4 is 10.1 Å². The number of carboxylic acids is 1. The molecule has 0 aliphatic carbocycles. The molecule has 0 radical (unpaired) electrons. The van der Waals surface area contributed by atoms with Gasteiger partial charge in [-0.25, -0.2) is 4.79 Å². The summed E-state index contributed by atoms with van der Waals surface area (Å²) >= 11 is 1.28. The van der Waals surface area contributed by atoms with Crippen molar-refractivity contribution in [3.63, 3.8) is 0 Å². The van der Waals surface area contributed by atoms with E-state index in [2.05, 4.69) is 5.32 Å². The fourth-order valence-corrected chi connectivity index (χ4v) is 3.33. The molecule has 5 heteroatoms. The predicted molar refractivity (Wildman–Crippen MR) is 75.3 cm³/mol. The Bertz CT molecular complexity index is 602. The van der Waals surface area contributed by atoms with Crippen LogP contribution in [0.5, 0.6) is 5.75 Å². The molecule has 0 unspecified atom stereocenters. The lowest BCUT2D eigenvalue weighted by molar-refractivity contribution is 0.0693. The van der Waals surface area contributed by atoms with Gasteiger partial charge in [0.15, 0.2) is 10.6 Å². The molecular formula is C14H15NO3S. The van der Waals surface area contributed by atoms with E-state index in [0.29, 0.717) is 10.6 Å². The Morgan fingerprint density at radius 2 is 2.05 bits per heavy atom. The van der Waals surface area contributed by atoms with E-state index in [4.69, 9.17) is 4.74 Å². The van der Waals surface area contributed by atoms with Crippen molar-refractivity contribution in [1.29, 1.82) is 0 Å². The number of aromatic carboxylic acids is 1. The summed E-state index contributed by atoms with van der Waals surface area (Å²) in [4.78, 5) is 11.7. The van der Waals surface area contributed by atoms with Crippen molar-refractivity contribution in [3.05, 3.63) is 29.1 Å². The van der Waals surface area contributed by atoms with Crippen molar-refractivity contribution >= 4 is 27.4 Å². The molecule has 0 bridgehead atoms. The first-order valence-electron chi connectivity index (χ1n) is 6.38. The normalized spacial score (nSPS) is 16.6. The third kappa shape index (κ3) is 2.43. The summed E-state index contributed by atoms with van der Waals surface area (Å²) in [5.41, 5.74) is 0. The highest BCUT2D eigenvalue weighted by Gasteiger charge is 2.23. The molecule has 1 aliphatic rings. The van der Waals surface area contributed by atoms with Crippen LogP contribution in [0.4, 0.5) is 0 Å². The molecule has 3 rings (SSSR count). The molecule has 2 aromatic rings. The Kier molecular flexibility index (Phi) is 3.40. The van der Waals surface area contributed by atoms with E-state index in [9.17, 15) is 9.90 Å². The van der Waals surface area contributed by atoms with Crippen LogP contribution in [0.15, 0.2) is 24.3 Å². The predicted octanol–water partition coefficient (Wildman–Crippen LogP) is 2.73. The van der Waals surface area contributed by atoms with Gasteiger partial charge in [0.05, 0.1) is 0 Å². The summed E-state index contributed by atoms with van der Waals surface area (Å²) < 4.78 is 6.95. The molecular weight excluding hydrogens is 262 g/mol. The highest BCUT2D eigenvalue weighted by atomic mass is 32.1. The lowest BCUT2D eigenvalue weighted by atomic mass is 10.1. The third-order valence-corrected chi connectivity index (χ3v) is 4.45. The molecule has 1 fully saturated rings. The smallest absolute Gasteiger partial charge is 0.349 e. The van der Waals surface area contributed by atoms with E-state index in [1.165, 1.54) is 11.3 Å². The molecule has 1 aliphatic heterocycles. The van der Waals surface area contributed by atoms with Gasteiger partial charge >= 0.3 is 5.97 Å². The quantitative estimate of drug-likeness (QED) is 0.905. The number of ether oxygens (including phenoxy) is 1. The Balaban J connectivity index is 1.99. The van der Waals surface area contributed by atoms with Crippen LogP contribution in [0.25, 0.3) is 10.1 Å². The number of benzene rings is 1. The van der Waals surface area contributed by atoms with Crippen molar-refractivity contribution in [2.24, 2.45) is 0 Å². The largest absolute Gasteiger partial charge is 0.488 e. The van der Waals surface area contributed by atoms with Crippen molar-refractivity contribution in [1.82, 2.24) is 5.32 Å². The van der Waals surface area contributed by atoms with Crippen LogP contribution >= 0.6 is 11.3 Å². The lowest BCUT2D eigenvalue weighted by Gasteiger charge is -2.23. The average Bonchev–Trinajstić information content (AvgIpc) is 2.79. The van der Waals surface area contributed by atoms with E-state index >= 15 is 0 Å². The maximum Gasteiger partial charge on any atom is 0.349 e. The summed E-state index contributed by atoms with van der Waals surface area (Å²) in [6.45, 7) is 1.85. The molecule has 4 nitrogen and oxygen atoms in total. The average molecular weight is 277 g/mol. The van der Waals surface area contributed by atoms with Gasteiger partial charge in [-0.1, -0.05) is 12.1 Å². The topological polar surface area (TPSA) is 58.6 Å².